The van der Waals surface area contributed by atoms with E-state index in [-0.39, 0.29) is 0 Å². The van der Waals surface area contributed by atoms with E-state index in [1.165, 1.54) is 22.5 Å². The molecule has 2 nitrogen and oxygen atoms in total. The molecule has 0 amide bonds. The van der Waals surface area contributed by atoms with Crippen LogP contribution in [0.4, 0.5) is 11.4 Å². The normalized spacial score (nSPS) is 10.4. The summed E-state index contributed by atoms with van der Waals surface area (Å²) in [4.78, 5) is 0. The van der Waals surface area contributed by atoms with Crippen LogP contribution < -0.4 is 10.6 Å². The van der Waals surface area contributed by atoms with Crippen molar-refractivity contribution in [3.63, 3.8) is 0 Å². The highest BCUT2D eigenvalue weighted by atomic mass is 14.9. The summed E-state index contributed by atoms with van der Waals surface area (Å²) in [5.74, 6) is 0. The quantitative estimate of drug-likeness (QED) is 0.718. The van der Waals surface area contributed by atoms with Gasteiger partial charge < -0.3 is 10.6 Å². The zero-order valence-corrected chi connectivity index (χ0v) is 13.2. The molecule has 21 heavy (non-hydrogen) atoms. The summed E-state index contributed by atoms with van der Waals surface area (Å²) >= 11 is 0. The van der Waals surface area contributed by atoms with Gasteiger partial charge in [0.05, 0.1) is 0 Å². The Morgan fingerprint density at radius 2 is 1.19 bits per heavy atom. The lowest BCUT2D eigenvalue weighted by atomic mass is 10.0. The SMILES string of the molecule is CCCNc1cccc(Cc2cccc(NCCC)c2)c1. The van der Waals surface area contributed by atoms with Crippen molar-refractivity contribution in [3.05, 3.63) is 59.7 Å². The first-order valence-corrected chi connectivity index (χ1v) is 7.97. The van der Waals surface area contributed by atoms with Gasteiger partial charge in [0.25, 0.3) is 0 Å². The number of anilines is 2. The van der Waals surface area contributed by atoms with Gasteiger partial charge in [0, 0.05) is 24.5 Å². The van der Waals surface area contributed by atoms with Gasteiger partial charge in [-0.25, -0.2) is 0 Å². The first-order chi connectivity index (χ1) is 10.3. The zero-order chi connectivity index (χ0) is 14.9. The molecule has 0 spiro atoms. The van der Waals surface area contributed by atoms with Crippen LogP contribution in [-0.2, 0) is 6.42 Å². The number of hydrogen-bond acceptors (Lipinski definition) is 2. The fourth-order valence-corrected chi connectivity index (χ4v) is 2.36. The fraction of sp³-hybridized carbons (Fsp3) is 0.368. The van der Waals surface area contributed by atoms with Gasteiger partial charge in [-0.15, -0.1) is 0 Å². The number of nitrogens with one attached hydrogen (secondary N) is 2. The lowest BCUT2D eigenvalue weighted by molar-refractivity contribution is 0.977. The highest BCUT2D eigenvalue weighted by Crippen LogP contribution is 2.17. The molecule has 0 fully saturated rings. The van der Waals surface area contributed by atoms with Gasteiger partial charge in [-0.3, -0.25) is 0 Å². The highest BCUT2D eigenvalue weighted by molar-refractivity contribution is 5.49. The summed E-state index contributed by atoms with van der Waals surface area (Å²) in [6, 6.07) is 17.4. The Labute approximate surface area is 128 Å². The molecular weight excluding hydrogens is 256 g/mol. The summed E-state index contributed by atoms with van der Waals surface area (Å²) in [5, 5.41) is 6.89. The van der Waals surface area contributed by atoms with E-state index in [9.17, 15) is 0 Å². The van der Waals surface area contributed by atoms with Crippen LogP contribution in [0.2, 0.25) is 0 Å². The van der Waals surface area contributed by atoms with Crippen molar-refractivity contribution in [2.75, 3.05) is 23.7 Å². The molecular formula is C19H26N2. The Bertz CT molecular complexity index is 499. The van der Waals surface area contributed by atoms with Crippen LogP contribution in [0.1, 0.15) is 37.8 Å². The maximum atomic E-state index is 3.45. The Kier molecular flexibility index (Phi) is 6.14. The number of benzene rings is 2. The second-order valence-corrected chi connectivity index (χ2v) is 5.43. The molecule has 2 rings (SSSR count). The predicted molar refractivity (Wildman–Crippen MR) is 93.3 cm³/mol. The standard InChI is InChI=1S/C19H26N2/c1-3-11-20-18-9-5-7-16(14-18)13-17-8-6-10-19(15-17)21-12-4-2/h5-10,14-15,20-21H,3-4,11-13H2,1-2H3. The predicted octanol–water partition coefficient (Wildman–Crippen LogP) is 4.92. The monoisotopic (exact) mass is 282 g/mol. The van der Waals surface area contributed by atoms with Gasteiger partial charge >= 0.3 is 0 Å². The van der Waals surface area contributed by atoms with Crippen molar-refractivity contribution in [1.29, 1.82) is 0 Å². The molecule has 0 radical (unpaired) electrons. The Morgan fingerprint density at radius 3 is 1.62 bits per heavy atom. The summed E-state index contributed by atoms with van der Waals surface area (Å²) in [5.41, 5.74) is 5.14. The summed E-state index contributed by atoms with van der Waals surface area (Å²) in [6.45, 7) is 6.43. The van der Waals surface area contributed by atoms with E-state index in [2.05, 4.69) is 73.0 Å². The minimum Gasteiger partial charge on any atom is -0.385 e. The lowest BCUT2D eigenvalue weighted by Gasteiger charge is -2.09. The molecule has 0 saturated carbocycles. The van der Waals surface area contributed by atoms with Crippen molar-refractivity contribution < 1.29 is 0 Å². The van der Waals surface area contributed by atoms with Crippen molar-refractivity contribution in [2.24, 2.45) is 0 Å². The third-order valence-electron chi connectivity index (χ3n) is 3.42. The van der Waals surface area contributed by atoms with Crippen molar-refractivity contribution in [3.8, 4) is 0 Å². The topological polar surface area (TPSA) is 24.1 Å². The summed E-state index contributed by atoms with van der Waals surface area (Å²) in [7, 11) is 0. The Balaban J connectivity index is 2.03. The largest absolute Gasteiger partial charge is 0.385 e. The van der Waals surface area contributed by atoms with Gasteiger partial charge in [0.15, 0.2) is 0 Å². The van der Waals surface area contributed by atoms with Gasteiger partial charge in [0.1, 0.15) is 0 Å². The third-order valence-corrected chi connectivity index (χ3v) is 3.42. The van der Waals surface area contributed by atoms with E-state index in [4.69, 9.17) is 0 Å². The van der Waals surface area contributed by atoms with Crippen LogP contribution in [0, 0.1) is 0 Å². The van der Waals surface area contributed by atoms with Crippen LogP contribution in [0.15, 0.2) is 48.5 Å². The van der Waals surface area contributed by atoms with Crippen LogP contribution in [0.5, 0.6) is 0 Å². The molecule has 2 heteroatoms. The molecule has 0 bridgehead atoms. The smallest absolute Gasteiger partial charge is 0.0343 e. The molecule has 0 atom stereocenters. The van der Waals surface area contributed by atoms with E-state index >= 15 is 0 Å². The molecule has 0 aromatic heterocycles. The minimum atomic E-state index is 0.975. The molecule has 0 saturated heterocycles. The van der Waals surface area contributed by atoms with E-state index in [1.807, 2.05) is 0 Å². The molecule has 0 aliphatic carbocycles. The van der Waals surface area contributed by atoms with Crippen molar-refractivity contribution >= 4 is 11.4 Å². The molecule has 2 aromatic rings. The number of rotatable bonds is 8. The maximum Gasteiger partial charge on any atom is 0.0343 e. The van der Waals surface area contributed by atoms with Gasteiger partial charge in [-0.05, 0) is 54.7 Å². The zero-order valence-electron chi connectivity index (χ0n) is 13.2. The first kappa shape index (κ1) is 15.4. The average Bonchev–Trinajstić information content (AvgIpc) is 2.52. The van der Waals surface area contributed by atoms with Crippen LogP contribution >= 0.6 is 0 Å². The first-order valence-electron chi connectivity index (χ1n) is 7.97. The van der Waals surface area contributed by atoms with Crippen molar-refractivity contribution in [2.45, 2.75) is 33.1 Å². The van der Waals surface area contributed by atoms with Gasteiger partial charge in [0.2, 0.25) is 0 Å². The number of hydrogen-bond donors (Lipinski definition) is 2. The van der Waals surface area contributed by atoms with Crippen LogP contribution in [0.25, 0.3) is 0 Å². The fourth-order valence-electron chi connectivity index (χ4n) is 2.36. The highest BCUT2D eigenvalue weighted by Gasteiger charge is 2.00. The molecule has 0 unspecified atom stereocenters. The van der Waals surface area contributed by atoms with Crippen LogP contribution in [0.3, 0.4) is 0 Å². The van der Waals surface area contributed by atoms with Crippen molar-refractivity contribution in [1.82, 2.24) is 0 Å². The Morgan fingerprint density at radius 1 is 0.714 bits per heavy atom. The second kappa shape index (κ2) is 8.35. The summed E-state index contributed by atoms with van der Waals surface area (Å²) < 4.78 is 0. The average molecular weight is 282 g/mol. The van der Waals surface area contributed by atoms with Gasteiger partial charge in [-0.1, -0.05) is 38.1 Å². The van der Waals surface area contributed by atoms with E-state index in [1.54, 1.807) is 0 Å². The molecule has 112 valence electrons. The van der Waals surface area contributed by atoms with E-state index < -0.39 is 0 Å². The second-order valence-electron chi connectivity index (χ2n) is 5.43. The minimum absolute atomic E-state index is 0.975. The Hall–Kier alpha value is -1.96. The third kappa shape index (κ3) is 5.14. The molecule has 2 N–H and O–H groups in total. The molecule has 0 heterocycles. The maximum absolute atomic E-state index is 3.45. The molecule has 0 aliphatic heterocycles. The van der Waals surface area contributed by atoms with E-state index in [0.29, 0.717) is 0 Å². The summed E-state index contributed by atoms with van der Waals surface area (Å²) in [6.07, 6.45) is 3.27. The molecule has 0 aliphatic rings. The molecule has 2 aromatic carbocycles. The lowest BCUT2D eigenvalue weighted by Crippen LogP contribution is -2.01. The van der Waals surface area contributed by atoms with E-state index in [0.717, 1.165) is 32.4 Å². The van der Waals surface area contributed by atoms with Gasteiger partial charge in [-0.2, -0.15) is 0 Å². The van der Waals surface area contributed by atoms with Crippen LogP contribution in [-0.4, -0.2) is 13.1 Å².